The van der Waals surface area contributed by atoms with Crippen molar-refractivity contribution in [2.45, 2.75) is 24.2 Å². The van der Waals surface area contributed by atoms with E-state index >= 15 is 0 Å². The van der Waals surface area contributed by atoms with Crippen molar-refractivity contribution in [1.82, 2.24) is 5.32 Å². The molecule has 12 heteroatoms. The Morgan fingerprint density at radius 2 is 2.11 bits per heavy atom. The molecule has 1 aromatic carbocycles. The van der Waals surface area contributed by atoms with Crippen LogP contribution in [0, 0.1) is 11.7 Å². The van der Waals surface area contributed by atoms with Crippen molar-refractivity contribution in [2.24, 2.45) is 5.92 Å². The van der Waals surface area contributed by atoms with Gasteiger partial charge in [0.05, 0.1) is 25.2 Å². The number of carbonyl (C=O) groups excluding carboxylic acids is 1. The number of benzene rings is 1. The van der Waals surface area contributed by atoms with Crippen LogP contribution in [0.3, 0.4) is 0 Å². The summed E-state index contributed by atoms with van der Waals surface area (Å²) in [4.78, 5) is 23.4. The van der Waals surface area contributed by atoms with E-state index in [0.717, 1.165) is 12.1 Å². The minimum atomic E-state index is -5.31. The lowest BCUT2D eigenvalue weighted by atomic mass is 9.73. The number of nitrogens with one attached hydrogen (secondary N) is 1. The van der Waals surface area contributed by atoms with Crippen LogP contribution in [-0.2, 0) is 24.5 Å². The molecule has 3 atom stereocenters. The predicted molar refractivity (Wildman–Crippen MR) is 87.2 cm³/mol. The number of carboxylic acid groups (broad SMARTS) is 1. The Morgan fingerprint density at radius 1 is 1.44 bits per heavy atom. The van der Waals surface area contributed by atoms with Gasteiger partial charge in [-0.2, -0.15) is 13.2 Å². The van der Waals surface area contributed by atoms with Crippen molar-refractivity contribution in [3.05, 3.63) is 34.1 Å². The van der Waals surface area contributed by atoms with Crippen LogP contribution in [0.4, 0.5) is 17.6 Å². The van der Waals surface area contributed by atoms with E-state index in [9.17, 15) is 32.3 Å². The van der Waals surface area contributed by atoms with Gasteiger partial charge in [0.1, 0.15) is 11.4 Å². The van der Waals surface area contributed by atoms with Crippen LogP contribution >= 0.6 is 15.9 Å². The molecule has 6 nitrogen and oxygen atoms in total. The van der Waals surface area contributed by atoms with Crippen LogP contribution in [0.5, 0.6) is 0 Å². The van der Waals surface area contributed by atoms with Crippen molar-refractivity contribution in [3.63, 3.8) is 0 Å². The van der Waals surface area contributed by atoms with E-state index in [2.05, 4.69) is 20.6 Å². The molecule has 0 spiro atoms. The lowest BCUT2D eigenvalue weighted by molar-refractivity contribution is -0.183. The number of hydrogen-bond donors (Lipinski definition) is 2. The standard InChI is InChI=1S/C15H13BBrF4NO5/c16-27-5-8-4-10(12(23)24)14(6-26-8,22-13(25)15(19,20)21)9-3-7(17)1-2-11(9)18/h1-3,8,10H,4-6H2,(H,22,25)(H,23,24)/t8-,10+,14-/m1/s1. The van der Waals surface area contributed by atoms with Gasteiger partial charge in [-0.25, -0.2) is 4.39 Å². The molecule has 27 heavy (non-hydrogen) atoms. The topological polar surface area (TPSA) is 84.9 Å². The number of hydrogen-bond acceptors (Lipinski definition) is 4. The first-order chi connectivity index (χ1) is 12.5. The summed E-state index contributed by atoms with van der Waals surface area (Å²) in [7, 11) is 4.93. The number of carbonyl (C=O) groups is 2. The molecule has 0 aromatic heterocycles. The SMILES string of the molecule is [B]OC[C@H]1C[C@@H](C(=O)O)[C@](NC(=O)C(F)(F)F)(c2cc(Br)ccc2F)CO1. The van der Waals surface area contributed by atoms with Crippen LogP contribution in [0.25, 0.3) is 0 Å². The van der Waals surface area contributed by atoms with Crippen LogP contribution in [-0.4, -0.2) is 50.5 Å². The molecule has 1 fully saturated rings. The lowest BCUT2D eigenvalue weighted by Crippen LogP contribution is -2.62. The smallest absolute Gasteiger partial charge is 0.471 e. The fourth-order valence-electron chi connectivity index (χ4n) is 2.99. The lowest BCUT2D eigenvalue weighted by Gasteiger charge is -2.45. The Hall–Kier alpha value is -1.66. The average molecular weight is 454 g/mol. The van der Waals surface area contributed by atoms with Gasteiger partial charge in [-0.3, -0.25) is 9.59 Å². The third-order valence-corrected chi connectivity index (χ3v) is 4.72. The first-order valence-electron chi connectivity index (χ1n) is 7.52. The van der Waals surface area contributed by atoms with Crippen LogP contribution in [0.1, 0.15) is 12.0 Å². The molecule has 1 aliphatic rings. The first-order valence-corrected chi connectivity index (χ1v) is 8.31. The quantitative estimate of drug-likeness (QED) is 0.526. The highest BCUT2D eigenvalue weighted by molar-refractivity contribution is 9.10. The Labute approximate surface area is 160 Å². The average Bonchev–Trinajstić information content (AvgIpc) is 2.57. The number of carboxylic acids is 1. The van der Waals surface area contributed by atoms with Gasteiger partial charge in [-0.05, 0) is 24.6 Å². The maximum Gasteiger partial charge on any atom is 0.471 e. The van der Waals surface area contributed by atoms with Gasteiger partial charge in [0.25, 0.3) is 8.05 Å². The number of rotatable bonds is 5. The minimum absolute atomic E-state index is 0.228. The van der Waals surface area contributed by atoms with E-state index in [4.69, 9.17) is 12.8 Å². The third kappa shape index (κ3) is 4.61. The summed E-state index contributed by atoms with van der Waals surface area (Å²) in [6.07, 6.45) is -6.53. The number of amides is 1. The Bertz CT molecular complexity index is 735. The summed E-state index contributed by atoms with van der Waals surface area (Å²) in [6, 6.07) is 3.32. The van der Waals surface area contributed by atoms with Gasteiger partial charge < -0.3 is 19.8 Å². The molecule has 1 saturated heterocycles. The molecule has 1 aliphatic heterocycles. The van der Waals surface area contributed by atoms with Gasteiger partial charge in [-0.15, -0.1) is 0 Å². The third-order valence-electron chi connectivity index (χ3n) is 4.22. The first kappa shape index (κ1) is 21.6. The van der Waals surface area contributed by atoms with E-state index < -0.39 is 53.6 Å². The molecule has 146 valence electrons. The monoisotopic (exact) mass is 453 g/mol. The minimum Gasteiger partial charge on any atom is -0.481 e. The second kappa shape index (κ2) is 8.15. The van der Waals surface area contributed by atoms with Crippen LogP contribution in [0.2, 0.25) is 0 Å². The summed E-state index contributed by atoms with van der Waals surface area (Å²) in [5.74, 6) is -6.59. The van der Waals surface area contributed by atoms with Gasteiger partial charge in [0.2, 0.25) is 0 Å². The van der Waals surface area contributed by atoms with Gasteiger partial charge >= 0.3 is 18.1 Å². The molecule has 0 bridgehead atoms. The van der Waals surface area contributed by atoms with Crippen molar-refractivity contribution in [2.75, 3.05) is 13.2 Å². The zero-order valence-electron chi connectivity index (χ0n) is 13.6. The summed E-state index contributed by atoms with van der Waals surface area (Å²) in [6.45, 7) is -0.957. The predicted octanol–water partition coefficient (Wildman–Crippen LogP) is 2.05. The number of ether oxygens (including phenoxy) is 1. The molecule has 0 unspecified atom stereocenters. The second-order valence-electron chi connectivity index (χ2n) is 5.94. The zero-order valence-corrected chi connectivity index (χ0v) is 15.1. The second-order valence-corrected chi connectivity index (χ2v) is 6.86. The fraction of sp³-hybridized carbons (Fsp3) is 0.467. The van der Waals surface area contributed by atoms with Crippen LogP contribution < -0.4 is 5.32 Å². The molecule has 2 radical (unpaired) electrons. The molecular formula is C15H13BBrF4NO5. The fourth-order valence-corrected chi connectivity index (χ4v) is 3.35. The van der Waals surface area contributed by atoms with E-state index in [0.29, 0.717) is 0 Å². The maximum atomic E-state index is 14.5. The molecule has 0 aliphatic carbocycles. The largest absolute Gasteiger partial charge is 0.481 e. The van der Waals surface area contributed by atoms with Gasteiger partial charge in [0.15, 0.2) is 0 Å². The summed E-state index contributed by atoms with van der Waals surface area (Å²) < 4.78 is 63.1. The van der Waals surface area contributed by atoms with Crippen LogP contribution in [0.15, 0.2) is 22.7 Å². The van der Waals surface area contributed by atoms with E-state index in [1.165, 1.54) is 6.07 Å². The highest BCUT2D eigenvalue weighted by atomic mass is 79.9. The summed E-state index contributed by atoms with van der Waals surface area (Å²) in [5, 5.41) is 11.3. The number of halogens is 5. The molecule has 2 N–H and O–H groups in total. The number of alkyl halides is 3. The van der Waals surface area contributed by atoms with E-state index in [-0.39, 0.29) is 17.5 Å². The van der Waals surface area contributed by atoms with Crippen molar-refractivity contribution in [3.8, 4) is 0 Å². The molecule has 0 saturated carbocycles. The molecule has 1 aromatic rings. The maximum absolute atomic E-state index is 14.5. The Morgan fingerprint density at radius 3 is 2.67 bits per heavy atom. The van der Waals surface area contributed by atoms with Crippen molar-refractivity contribution < 1.29 is 41.6 Å². The highest BCUT2D eigenvalue weighted by Crippen LogP contribution is 2.41. The van der Waals surface area contributed by atoms with Gasteiger partial charge in [-0.1, -0.05) is 15.9 Å². The van der Waals surface area contributed by atoms with E-state index in [1.807, 2.05) is 0 Å². The Kier molecular flexibility index (Phi) is 6.53. The summed E-state index contributed by atoms with van der Waals surface area (Å²) in [5.41, 5.74) is -2.74. The normalized spacial score (nSPS) is 25.8. The number of aliphatic carboxylic acids is 1. The van der Waals surface area contributed by atoms with E-state index in [1.54, 1.807) is 5.32 Å². The molecule has 1 heterocycles. The molecule has 2 rings (SSSR count). The Balaban J connectivity index is 2.59. The summed E-state index contributed by atoms with van der Waals surface area (Å²) >= 11 is 3.06. The molecule has 1 amide bonds. The molecular weight excluding hydrogens is 441 g/mol. The highest BCUT2D eigenvalue weighted by Gasteiger charge is 2.54. The van der Waals surface area contributed by atoms with Crippen molar-refractivity contribution in [1.29, 1.82) is 0 Å². The zero-order chi connectivity index (χ0) is 20.4. The van der Waals surface area contributed by atoms with Gasteiger partial charge in [0, 0.05) is 10.0 Å². The van der Waals surface area contributed by atoms with Crippen molar-refractivity contribution >= 4 is 35.9 Å².